The summed E-state index contributed by atoms with van der Waals surface area (Å²) in [4.78, 5) is 4.45. The zero-order valence-corrected chi connectivity index (χ0v) is 9.21. The number of aryl methyl sites for hydroxylation is 3. The molecule has 1 heterocycles. The molecule has 0 unspecified atom stereocenters. The Balaban J connectivity index is 2.41. The lowest BCUT2D eigenvalue weighted by molar-refractivity contribution is 0.520. The minimum absolute atomic E-state index is 0.677. The highest BCUT2D eigenvalue weighted by molar-refractivity contribution is 5.77. The standard InChI is InChI=1S/C12H16N2O/c1-8-6-9(2)12-10(7-8)14-11(15-12)4-3-5-13/h6-7H,3-5,13H2,1-2H3. The largest absolute Gasteiger partial charge is 0.440 e. The molecule has 1 aromatic carbocycles. The minimum Gasteiger partial charge on any atom is -0.440 e. The van der Waals surface area contributed by atoms with Gasteiger partial charge >= 0.3 is 0 Å². The van der Waals surface area contributed by atoms with Crippen molar-refractivity contribution in [2.45, 2.75) is 26.7 Å². The van der Waals surface area contributed by atoms with Gasteiger partial charge in [-0.15, -0.1) is 0 Å². The molecule has 15 heavy (non-hydrogen) atoms. The highest BCUT2D eigenvalue weighted by Gasteiger charge is 2.07. The summed E-state index contributed by atoms with van der Waals surface area (Å²) >= 11 is 0. The Morgan fingerprint density at radius 1 is 1.33 bits per heavy atom. The Bertz CT molecular complexity index is 474. The first-order valence-electron chi connectivity index (χ1n) is 5.27. The van der Waals surface area contributed by atoms with Crippen molar-refractivity contribution >= 4 is 11.1 Å². The number of oxazole rings is 1. The average molecular weight is 204 g/mol. The van der Waals surface area contributed by atoms with Gasteiger partial charge in [-0.05, 0) is 44.0 Å². The van der Waals surface area contributed by atoms with Gasteiger partial charge in [-0.3, -0.25) is 0 Å². The van der Waals surface area contributed by atoms with Crippen LogP contribution in [0.15, 0.2) is 16.5 Å². The molecule has 3 heteroatoms. The number of hydrogen-bond acceptors (Lipinski definition) is 3. The maximum atomic E-state index is 5.69. The summed E-state index contributed by atoms with van der Waals surface area (Å²) < 4.78 is 5.69. The van der Waals surface area contributed by atoms with E-state index < -0.39 is 0 Å². The quantitative estimate of drug-likeness (QED) is 0.834. The minimum atomic E-state index is 0.677. The molecule has 0 fully saturated rings. The first-order chi connectivity index (χ1) is 7.20. The summed E-state index contributed by atoms with van der Waals surface area (Å²) in [5, 5.41) is 0. The molecule has 0 amide bonds. The van der Waals surface area contributed by atoms with Gasteiger partial charge in [-0.25, -0.2) is 4.98 Å². The normalized spacial score (nSPS) is 11.1. The topological polar surface area (TPSA) is 52.0 Å². The maximum absolute atomic E-state index is 5.69. The molecular weight excluding hydrogens is 188 g/mol. The van der Waals surface area contributed by atoms with Gasteiger partial charge in [-0.1, -0.05) is 6.07 Å². The van der Waals surface area contributed by atoms with Gasteiger partial charge in [0.05, 0.1) is 0 Å². The summed E-state index contributed by atoms with van der Waals surface area (Å²) in [5.74, 6) is 0.796. The van der Waals surface area contributed by atoms with Crippen LogP contribution in [0.4, 0.5) is 0 Å². The van der Waals surface area contributed by atoms with Crippen molar-refractivity contribution in [1.82, 2.24) is 4.98 Å². The van der Waals surface area contributed by atoms with Gasteiger partial charge in [0, 0.05) is 6.42 Å². The second kappa shape index (κ2) is 4.03. The van der Waals surface area contributed by atoms with E-state index in [0.717, 1.165) is 35.4 Å². The average Bonchev–Trinajstić information content (AvgIpc) is 2.57. The van der Waals surface area contributed by atoms with Crippen molar-refractivity contribution in [3.8, 4) is 0 Å². The molecule has 1 aromatic heterocycles. The molecule has 0 saturated heterocycles. The molecule has 2 N–H and O–H groups in total. The van der Waals surface area contributed by atoms with Crippen molar-refractivity contribution in [3.05, 3.63) is 29.2 Å². The Labute approximate surface area is 89.3 Å². The Kier molecular flexibility index (Phi) is 2.73. The van der Waals surface area contributed by atoms with Gasteiger partial charge in [0.15, 0.2) is 11.5 Å². The monoisotopic (exact) mass is 204 g/mol. The van der Waals surface area contributed by atoms with E-state index in [4.69, 9.17) is 10.2 Å². The smallest absolute Gasteiger partial charge is 0.195 e. The lowest BCUT2D eigenvalue weighted by Gasteiger charge is -1.95. The van der Waals surface area contributed by atoms with E-state index in [0.29, 0.717) is 6.54 Å². The summed E-state index contributed by atoms with van der Waals surface area (Å²) in [5.41, 5.74) is 9.69. The molecule has 0 atom stereocenters. The maximum Gasteiger partial charge on any atom is 0.195 e. The summed E-state index contributed by atoms with van der Waals surface area (Å²) in [7, 11) is 0. The van der Waals surface area contributed by atoms with Gasteiger partial charge in [0.2, 0.25) is 0 Å². The van der Waals surface area contributed by atoms with Crippen molar-refractivity contribution < 1.29 is 4.42 Å². The SMILES string of the molecule is Cc1cc(C)c2oc(CCCN)nc2c1. The number of nitrogens with zero attached hydrogens (tertiary/aromatic N) is 1. The number of rotatable bonds is 3. The van der Waals surface area contributed by atoms with Gasteiger partial charge in [0.1, 0.15) is 5.52 Å². The fraction of sp³-hybridized carbons (Fsp3) is 0.417. The third kappa shape index (κ3) is 2.02. The molecule has 0 bridgehead atoms. The molecule has 0 aliphatic heterocycles. The van der Waals surface area contributed by atoms with Gasteiger partial charge < -0.3 is 10.2 Å². The molecule has 0 spiro atoms. The third-order valence-corrected chi connectivity index (χ3v) is 2.46. The summed E-state index contributed by atoms with van der Waals surface area (Å²) in [6.07, 6.45) is 1.74. The van der Waals surface area contributed by atoms with Crippen molar-refractivity contribution in [3.63, 3.8) is 0 Å². The molecule has 0 radical (unpaired) electrons. The number of hydrogen-bond donors (Lipinski definition) is 1. The molecule has 0 aliphatic rings. The van der Waals surface area contributed by atoms with Crippen LogP contribution in [0.3, 0.4) is 0 Å². The van der Waals surface area contributed by atoms with Crippen LogP contribution in [0.5, 0.6) is 0 Å². The van der Waals surface area contributed by atoms with Gasteiger partial charge in [-0.2, -0.15) is 0 Å². The fourth-order valence-corrected chi connectivity index (χ4v) is 1.78. The van der Waals surface area contributed by atoms with Crippen LogP contribution in [0, 0.1) is 13.8 Å². The molecule has 2 aromatic rings. The first-order valence-corrected chi connectivity index (χ1v) is 5.27. The highest BCUT2D eigenvalue weighted by atomic mass is 16.3. The lowest BCUT2D eigenvalue weighted by Crippen LogP contribution is -2.00. The molecular formula is C12H16N2O. The Morgan fingerprint density at radius 2 is 2.13 bits per heavy atom. The number of benzene rings is 1. The second-order valence-corrected chi connectivity index (χ2v) is 3.93. The van der Waals surface area contributed by atoms with Crippen LogP contribution < -0.4 is 5.73 Å². The van der Waals surface area contributed by atoms with E-state index in [1.54, 1.807) is 0 Å². The second-order valence-electron chi connectivity index (χ2n) is 3.93. The third-order valence-electron chi connectivity index (χ3n) is 2.46. The van der Waals surface area contributed by atoms with Crippen molar-refractivity contribution in [1.29, 1.82) is 0 Å². The molecule has 2 rings (SSSR count). The van der Waals surface area contributed by atoms with Crippen LogP contribution >= 0.6 is 0 Å². The van der Waals surface area contributed by atoms with Crippen LogP contribution in [0.2, 0.25) is 0 Å². The van der Waals surface area contributed by atoms with Crippen LogP contribution in [-0.4, -0.2) is 11.5 Å². The van der Waals surface area contributed by atoms with Crippen LogP contribution in [0.25, 0.3) is 11.1 Å². The van der Waals surface area contributed by atoms with E-state index >= 15 is 0 Å². The zero-order valence-electron chi connectivity index (χ0n) is 9.21. The number of nitrogens with two attached hydrogens (primary N) is 1. The molecule has 0 saturated carbocycles. The van der Waals surface area contributed by atoms with E-state index in [1.807, 2.05) is 6.92 Å². The predicted molar refractivity (Wildman–Crippen MR) is 60.9 cm³/mol. The Hall–Kier alpha value is -1.35. The van der Waals surface area contributed by atoms with Gasteiger partial charge in [0.25, 0.3) is 0 Å². The molecule has 3 nitrogen and oxygen atoms in total. The van der Waals surface area contributed by atoms with E-state index in [2.05, 4.69) is 24.0 Å². The van der Waals surface area contributed by atoms with Crippen LogP contribution in [-0.2, 0) is 6.42 Å². The summed E-state index contributed by atoms with van der Waals surface area (Å²) in [6.45, 7) is 4.80. The van der Waals surface area contributed by atoms with E-state index in [-0.39, 0.29) is 0 Å². The fourth-order valence-electron chi connectivity index (χ4n) is 1.78. The van der Waals surface area contributed by atoms with E-state index in [1.165, 1.54) is 5.56 Å². The molecule has 80 valence electrons. The first kappa shape index (κ1) is 10.2. The van der Waals surface area contributed by atoms with Crippen LogP contribution in [0.1, 0.15) is 23.4 Å². The summed E-state index contributed by atoms with van der Waals surface area (Å²) in [6, 6.07) is 4.16. The highest BCUT2D eigenvalue weighted by Crippen LogP contribution is 2.21. The van der Waals surface area contributed by atoms with Crippen molar-refractivity contribution in [2.75, 3.05) is 6.54 Å². The van der Waals surface area contributed by atoms with Crippen molar-refractivity contribution in [2.24, 2.45) is 5.73 Å². The predicted octanol–water partition coefficient (Wildman–Crippen LogP) is 2.34. The van der Waals surface area contributed by atoms with E-state index in [9.17, 15) is 0 Å². The molecule has 0 aliphatic carbocycles. The zero-order chi connectivity index (χ0) is 10.8. The Morgan fingerprint density at radius 3 is 2.87 bits per heavy atom. The number of aromatic nitrogens is 1. The number of fused-ring (bicyclic) bond motifs is 1. The lowest BCUT2D eigenvalue weighted by atomic mass is 10.1.